The maximum Gasteiger partial charge on any atom is 0.306 e. The number of hydrogen-bond acceptors (Lipinski definition) is 3. The Hall–Kier alpha value is -0.570. The van der Waals surface area contributed by atoms with Gasteiger partial charge in [0, 0.05) is 6.42 Å². The van der Waals surface area contributed by atoms with Gasteiger partial charge in [-0.15, -0.1) is 0 Å². The van der Waals surface area contributed by atoms with Crippen LogP contribution in [0.2, 0.25) is 0 Å². The Morgan fingerprint density at radius 1 is 0.846 bits per heavy atom. The molecule has 0 spiro atoms. The number of hydrogen-bond donors (Lipinski definition) is 1. The zero-order chi connectivity index (χ0) is 19.0. The molecule has 0 radical (unpaired) electrons. The molecule has 0 aromatic carbocycles. The molecular formula is C23H44O3. The lowest BCUT2D eigenvalue weighted by Gasteiger charge is -2.26. The van der Waals surface area contributed by atoms with Crippen LogP contribution in [0.5, 0.6) is 0 Å². The lowest BCUT2D eigenvalue weighted by Crippen LogP contribution is -2.27. The van der Waals surface area contributed by atoms with Gasteiger partial charge in [-0.1, -0.05) is 78.1 Å². The summed E-state index contributed by atoms with van der Waals surface area (Å²) in [4.78, 5) is 12.4. The van der Waals surface area contributed by atoms with E-state index in [-0.39, 0.29) is 18.2 Å². The highest BCUT2D eigenvalue weighted by molar-refractivity contribution is 5.69. The first-order valence-corrected chi connectivity index (χ1v) is 11.5. The van der Waals surface area contributed by atoms with E-state index in [0.717, 1.165) is 25.7 Å². The fourth-order valence-corrected chi connectivity index (χ4v) is 4.05. The van der Waals surface area contributed by atoms with Gasteiger partial charge in [-0.25, -0.2) is 0 Å². The van der Waals surface area contributed by atoms with Crippen LogP contribution in [-0.2, 0) is 9.53 Å². The quantitative estimate of drug-likeness (QED) is 0.263. The van der Waals surface area contributed by atoms with Crippen LogP contribution in [0.15, 0.2) is 0 Å². The molecule has 0 aromatic rings. The summed E-state index contributed by atoms with van der Waals surface area (Å²) in [5.74, 6) is 0.498. The van der Waals surface area contributed by atoms with Gasteiger partial charge in [0.15, 0.2) is 0 Å². The van der Waals surface area contributed by atoms with Crippen molar-refractivity contribution in [2.45, 2.75) is 135 Å². The number of rotatable bonds is 15. The summed E-state index contributed by atoms with van der Waals surface area (Å²) in [6, 6.07) is 0. The molecule has 3 nitrogen and oxygen atoms in total. The van der Waals surface area contributed by atoms with Gasteiger partial charge >= 0.3 is 5.97 Å². The fourth-order valence-electron chi connectivity index (χ4n) is 4.05. The minimum Gasteiger partial charge on any atom is -0.462 e. The number of unbranched alkanes of at least 4 members (excludes halogenated alkanes) is 8. The van der Waals surface area contributed by atoms with Crippen molar-refractivity contribution >= 4 is 5.97 Å². The van der Waals surface area contributed by atoms with E-state index < -0.39 is 0 Å². The zero-order valence-electron chi connectivity index (χ0n) is 17.5. The molecule has 0 bridgehead atoms. The lowest BCUT2D eigenvalue weighted by molar-refractivity contribution is -0.152. The number of aliphatic hydroxyl groups is 1. The molecule has 0 aromatic heterocycles. The van der Waals surface area contributed by atoms with E-state index in [0.29, 0.717) is 12.3 Å². The normalized spacial score (nSPS) is 21.5. The Morgan fingerprint density at radius 2 is 1.35 bits per heavy atom. The van der Waals surface area contributed by atoms with Crippen molar-refractivity contribution in [3.05, 3.63) is 0 Å². The van der Waals surface area contributed by atoms with Crippen LogP contribution in [0.3, 0.4) is 0 Å². The van der Waals surface area contributed by atoms with Crippen LogP contribution < -0.4 is 0 Å². The Kier molecular flexibility index (Phi) is 14.0. The molecule has 1 unspecified atom stereocenters. The first kappa shape index (κ1) is 23.5. The number of carbonyl (C=O) groups excluding carboxylic acids is 1. The molecule has 26 heavy (non-hydrogen) atoms. The van der Waals surface area contributed by atoms with Crippen molar-refractivity contribution in [1.82, 2.24) is 0 Å². The van der Waals surface area contributed by atoms with Gasteiger partial charge in [-0.2, -0.15) is 0 Å². The summed E-state index contributed by atoms with van der Waals surface area (Å²) in [6.07, 6.45) is 19.0. The average molecular weight is 369 g/mol. The maximum absolute atomic E-state index is 12.4. The Balaban J connectivity index is 2.28. The van der Waals surface area contributed by atoms with Crippen LogP contribution in [0.1, 0.15) is 123 Å². The molecule has 1 rings (SSSR count). The largest absolute Gasteiger partial charge is 0.462 e. The molecule has 1 aliphatic rings. The highest BCUT2D eigenvalue weighted by Crippen LogP contribution is 2.25. The second kappa shape index (κ2) is 15.5. The molecule has 1 aliphatic carbocycles. The molecule has 0 saturated heterocycles. The van der Waals surface area contributed by atoms with E-state index in [2.05, 4.69) is 13.8 Å². The van der Waals surface area contributed by atoms with Gasteiger partial charge in [0.2, 0.25) is 0 Å². The van der Waals surface area contributed by atoms with Gasteiger partial charge in [0.25, 0.3) is 0 Å². The number of aliphatic hydroxyl groups excluding tert-OH is 1. The number of ether oxygens (including phenoxy) is 1. The molecule has 1 atom stereocenters. The summed E-state index contributed by atoms with van der Waals surface area (Å²) >= 11 is 0. The molecule has 0 heterocycles. The molecule has 154 valence electrons. The van der Waals surface area contributed by atoms with E-state index in [9.17, 15) is 9.90 Å². The average Bonchev–Trinajstić information content (AvgIpc) is 2.63. The van der Waals surface area contributed by atoms with Gasteiger partial charge < -0.3 is 9.84 Å². The standard InChI is InChI=1S/C23H44O3/c1-3-5-7-9-10-12-14-20(13-11-8-6-4-2)19-23(25)26-22-17-15-21(24)16-18-22/h20-22,24H,3-19H2,1-2H3. The van der Waals surface area contributed by atoms with Crippen molar-refractivity contribution in [3.63, 3.8) is 0 Å². The van der Waals surface area contributed by atoms with Gasteiger partial charge in [-0.3, -0.25) is 4.79 Å². The third-order valence-electron chi connectivity index (χ3n) is 5.83. The number of esters is 1. The van der Waals surface area contributed by atoms with Crippen molar-refractivity contribution < 1.29 is 14.6 Å². The van der Waals surface area contributed by atoms with E-state index in [1.165, 1.54) is 77.0 Å². The summed E-state index contributed by atoms with van der Waals surface area (Å²) in [6.45, 7) is 4.50. The fraction of sp³-hybridized carbons (Fsp3) is 0.957. The van der Waals surface area contributed by atoms with Crippen LogP contribution in [0.25, 0.3) is 0 Å². The molecule has 1 N–H and O–H groups in total. The topological polar surface area (TPSA) is 46.5 Å². The third kappa shape index (κ3) is 11.9. The van der Waals surface area contributed by atoms with Crippen molar-refractivity contribution in [2.75, 3.05) is 0 Å². The van der Waals surface area contributed by atoms with Crippen LogP contribution in [-0.4, -0.2) is 23.3 Å². The SMILES string of the molecule is CCCCCCCCC(CCCCCC)CC(=O)OC1CCC(O)CC1. The highest BCUT2D eigenvalue weighted by atomic mass is 16.5. The van der Waals surface area contributed by atoms with Crippen LogP contribution >= 0.6 is 0 Å². The smallest absolute Gasteiger partial charge is 0.306 e. The molecular weight excluding hydrogens is 324 g/mol. The maximum atomic E-state index is 12.4. The zero-order valence-corrected chi connectivity index (χ0v) is 17.5. The summed E-state index contributed by atoms with van der Waals surface area (Å²) < 4.78 is 5.71. The van der Waals surface area contributed by atoms with Crippen molar-refractivity contribution in [3.8, 4) is 0 Å². The van der Waals surface area contributed by atoms with E-state index in [1.54, 1.807) is 0 Å². The van der Waals surface area contributed by atoms with Crippen molar-refractivity contribution in [2.24, 2.45) is 5.92 Å². The second-order valence-corrected chi connectivity index (χ2v) is 8.40. The van der Waals surface area contributed by atoms with Gasteiger partial charge in [0.05, 0.1) is 6.10 Å². The van der Waals surface area contributed by atoms with Crippen molar-refractivity contribution in [1.29, 1.82) is 0 Å². The first-order valence-electron chi connectivity index (χ1n) is 11.5. The van der Waals surface area contributed by atoms with E-state index in [4.69, 9.17) is 4.74 Å². The van der Waals surface area contributed by atoms with E-state index in [1.807, 2.05) is 0 Å². The second-order valence-electron chi connectivity index (χ2n) is 8.40. The van der Waals surface area contributed by atoms with Gasteiger partial charge in [-0.05, 0) is 44.4 Å². The minimum atomic E-state index is -0.191. The number of carbonyl (C=O) groups is 1. The predicted octanol–water partition coefficient (Wildman–Crippen LogP) is 6.56. The summed E-state index contributed by atoms with van der Waals surface area (Å²) in [5.41, 5.74) is 0. The molecule has 1 saturated carbocycles. The minimum absolute atomic E-state index is 0.00198. The Labute approximate surface area is 162 Å². The molecule has 0 amide bonds. The molecule has 0 aliphatic heterocycles. The summed E-state index contributed by atoms with van der Waals surface area (Å²) in [5, 5.41) is 9.58. The monoisotopic (exact) mass is 368 g/mol. The Bertz CT molecular complexity index is 334. The van der Waals surface area contributed by atoms with Crippen LogP contribution in [0, 0.1) is 5.92 Å². The Morgan fingerprint density at radius 3 is 1.92 bits per heavy atom. The summed E-state index contributed by atoms with van der Waals surface area (Å²) in [7, 11) is 0. The van der Waals surface area contributed by atoms with Gasteiger partial charge in [0.1, 0.15) is 6.10 Å². The predicted molar refractivity (Wildman–Crippen MR) is 109 cm³/mol. The highest BCUT2D eigenvalue weighted by Gasteiger charge is 2.23. The van der Waals surface area contributed by atoms with E-state index >= 15 is 0 Å². The third-order valence-corrected chi connectivity index (χ3v) is 5.83. The first-order chi connectivity index (χ1) is 12.7. The molecule has 1 fully saturated rings. The molecule has 3 heteroatoms. The van der Waals surface area contributed by atoms with Crippen LogP contribution in [0.4, 0.5) is 0 Å². The lowest BCUT2D eigenvalue weighted by atomic mass is 9.91.